The molecular weight excluding hydrogens is 572 g/mol. The molecule has 44 heavy (non-hydrogen) atoms. The number of carbonyl (C=O) groups excluding carboxylic acids is 1. The van der Waals surface area contributed by atoms with Crippen molar-refractivity contribution in [3.8, 4) is 29.0 Å². The maximum Gasteiger partial charge on any atom is 0.248 e. The number of piperidine rings is 2. The Kier molecular flexibility index (Phi) is 11.3. The molecule has 2 aliphatic rings. The average molecular weight is 610 g/mol. The molecule has 0 bridgehead atoms. The van der Waals surface area contributed by atoms with Crippen LogP contribution in [-0.4, -0.2) is 100 Å². The van der Waals surface area contributed by atoms with Gasteiger partial charge in [0.25, 0.3) is 0 Å². The van der Waals surface area contributed by atoms with Crippen molar-refractivity contribution >= 4 is 17.5 Å². The van der Waals surface area contributed by atoms with Crippen LogP contribution in [0.1, 0.15) is 32.3 Å². The van der Waals surface area contributed by atoms with E-state index in [1.807, 2.05) is 25.8 Å². The smallest absolute Gasteiger partial charge is 0.248 e. The number of rotatable bonds is 8. The second kappa shape index (κ2) is 15.4. The largest absolute Gasteiger partial charge is 0.487 e. The van der Waals surface area contributed by atoms with Crippen LogP contribution in [0.4, 0.5) is 20.4 Å². The summed E-state index contributed by atoms with van der Waals surface area (Å²) in [7, 11) is 1.89. The number of hydrogen-bond donors (Lipinski definition) is 2. The Balaban J connectivity index is 0.00000216. The van der Waals surface area contributed by atoms with E-state index < -0.39 is 37.1 Å². The fourth-order valence-corrected chi connectivity index (χ4v) is 4.95. The number of nitrogens with one attached hydrogen (secondary N) is 1. The molecule has 11 nitrogen and oxygen atoms in total. The van der Waals surface area contributed by atoms with E-state index in [9.17, 15) is 18.8 Å². The van der Waals surface area contributed by atoms with Crippen molar-refractivity contribution < 1.29 is 28.2 Å². The van der Waals surface area contributed by atoms with Gasteiger partial charge in [-0.15, -0.1) is 0 Å². The summed E-state index contributed by atoms with van der Waals surface area (Å²) < 4.78 is 40.7. The average Bonchev–Trinajstić information content (AvgIpc) is 3.05. The van der Waals surface area contributed by atoms with E-state index in [-0.39, 0.29) is 36.8 Å². The third-order valence-electron chi connectivity index (χ3n) is 7.26. The molecule has 5 rings (SSSR count). The molecule has 0 radical (unpaired) electrons. The van der Waals surface area contributed by atoms with E-state index in [2.05, 4.69) is 26.3 Å². The number of alkyl halides is 2. The Labute approximate surface area is 255 Å². The van der Waals surface area contributed by atoms with Crippen LogP contribution in [0.5, 0.6) is 11.5 Å². The normalized spacial score (nSPS) is 21.8. The minimum atomic E-state index is -1.46. The van der Waals surface area contributed by atoms with Gasteiger partial charge in [0.1, 0.15) is 48.9 Å². The van der Waals surface area contributed by atoms with Crippen LogP contribution in [0.3, 0.4) is 0 Å². The quantitative estimate of drug-likeness (QED) is 0.387. The minimum absolute atomic E-state index is 0.180. The summed E-state index contributed by atoms with van der Waals surface area (Å²) >= 11 is 0. The van der Waals surface area contributed by atoms with Crippen LogP contribution in [0.25, 0.3) is 11.4 Å². The van der Waals surface area contributed by atoms with Crippen molar-refractivity contribution in [2.75, 3.05) is 45.2 Å². The molecule has 0 saturated carbocycles. The first-order valence-electron chi connectivity index (χ1n) is 14.6. The highest BCUT2D eigenvalue weighted by Crippen LogP contribution is 2.29. The second-order valence-electron chi connectivity index (χ2n) is 10.3. The highest BCUT2D eigenvalue weighted by atomic mass is 19.1. The first-order chi connectivity index (χ1) is 21.3. The van der Waals surface area contributed by atoms with Crippen LogP contribution in [0.2, 0.25) is 0 Å². The molecule has 0 aliphatic carbocycles. The van der Waals surface area contributed by atoms with E-state index in [1.54, 1.807) is 42.5 Å². The zero-order chi connectivity index (χ0) is 31.6. The fraction of sp³-hybridized carbons (Fsp3) is 0.452. The topological polar surface area (TPSA) is 137 Å². The molecule has 0 unspecified atom stereocenters. The van der Waals surface area contributed by atoms with Gasteiger partial charge in [-0.05, 0) is 55.9 Å². The molecule has 2 aromatic carbocycles. The second-order valence-corrected chi connectivity index (χ2v) is 10.3. The maximum absolute atomic E-state index is 14.7. The van der Waals surface area contributed by atoms with Gasteiger partial charge in [-0.3, -0.25) is 4.79 Å². The molecule has 2 saturated heterocycles. The number of aliphatic hydroxyl groups is 1. The van der Waals surface area contributed by atoms with Crippen molar-refractivity contribution in [2.45, 2.75) is 51.2 Å². The molecule has 1 amide bonds. The van der Waals surface area contributed by atoms with Gasteiger partial charge in [0, 0.05) is 37.3 Å². The lowest BCUT2D eigenvalue weighted by atomic mass is 10.0. The monoisotopic (exact) mass is 609 g/mol. The summed E-state index contributed by atoms with van der Waals surface area (Å²) in [5, 5.41) is 21.8. The van der Waals surface area contributed by atoms with Crippen LogP contribution in [0, 0.1) is 11.3 Å². The molecule has 2 fully saturated rings. The summed E-state index contributed by atoms with van der Waals surface area (Å²) in [5.41, 5.74) is 1.40. The van der Waals surface area contributed by atoms with Gasteiger partial charge < -0.3 is 29.7 Å². The molecule has 13 heteroatoms. The molecule has 3 aromatic rings. The van der Waals surface area contributed by atoms with Crippen LogP contribution >= 0.6 is 0 Å². The highest BCUT2D eigenvalue weighted by Gasteiger charge is 2.33. The number of amides is 1. The Morgan fingerprint density at radius 2 is 1.75 bits per heavy atom. The number of halogens is 2. The van der Waals surface area contributed by atoms with Gasteiger partial charge in [0.2, 0.25) is 11.9 Å². The van der Waals surface area contributed by atoms with Gasteiger partial charge in [0.15, 0.2) is 12.0 Å². The zero-order valence-corrected chi connectivity index (χ0v) is 25.0. The molecule has 1 aromatic heterocycles. The molecular formula is C31H37F2N7O4. The summed E-state index contributed by atoms with van der Waals surface area (Å²) in [6.45, 7) is 4.53. The number of aromatic nitrogens is 3. The molecule has 3 heterocycles. The zero-order valence-electron chi connectivity index (χ0n) is 25.0. The molecule has 4 atom stereocenters. The molecule has 2 aliphatic heterocycles. The van der Waals surface area contributed by atoms with Gasteiger partial charge in [-0.1, -0.05) is 13.8 Å². The number of anilines is 2. The van der Waals surface area contributed by atoms with E-state index in [4.69, 9.17) is 14.6 Å². The summed E-state index contributed by atoms with van der Waals surface area (Å²) in [4.78, 5) is 27.7. The summed E-state index contributed by atoms with van der Waals surface area (Å²) in [6, 6.07) is 13.9. The lowest BCUT2D eigenvalue weighted by Gasteiger charge is -2.34. The lowest BCUT2D eigenvalue weighted by Crippen LogP contribution is -2.50. The van der Waals surface area contributed by atoms with Crippen LogP contribution in [-0.2, 0) is 4.79 Å². The van der Waals surface area contributed by atoms with E-state index in [1.165, 1.54) is 11.2 Å². The number of nitriles is 1. The van der Waals surface area contributed by atoms with Gasteiger partial charge in [-0.25, -0.2) is 18.7 Å². The first-order valence-corrected chi connectivity index (χ1v) is 14.6. The third kappa shape index (κ3) is 8.15. The van der Waals surface area contributed by atoms with Crippen molar-refractivity contribution in [2.24, 2.45) is 0 Å². The SMILES string of the molecule is CC.CN1CC[C@H](Oc2ccc(Nc3ncnc(-c4ccc(O[C@H]5CCN(C(=O)CO)C[C@H]5F)c(C#N)c4)n3)cc2)[C@H](F)C1. The van der Waals surface area contributed by atoms with Crippen molar-refractivity contribution in [3.63, 3.8) is 0 Å². The predicted molar refractivity (Wildman–Crippen MR) is 160 cm³/mol. The number of ether oxygens (including phenoxy) is 2. The number of carbonyl (C=O) groups is 1. The fourth-order valence-electron chi connectivity index (χ4n) is 4.95. The van der Waals surface area contributed by atoms with E-state index in [0.29, 0.717) is 35.8 Å². The van der Waals surface area contributed by atoms with E-state index in [0.717, 1.165) is 6.54 Å². The van der Waals surface area contributed by atoms with Crippen LogP contribution < -0.4 is 14.8 Å². The Hall–Kier alpha value is -4.41. The lowest BCUT2D eigenvalue weighted by molar-refractivity contribution is -0.138. The highest BCUT2D eigenvalue weighted by molar-refractivity contribution is 5.77. The summed E-state index contributed by atoms with van der Waals surface area (Å²) in [5.74, 6) is 0.838. The van der Waals surface area contributed by atoms with Crippen LogP contribution in [0.15, 0.2) is 48.8 Å². The Morgan fingerprint density at radius 1 is 1.05 bits per heavy atom. The van der Waals surface area contributed by atoms with Gasteiger partial charge in [0.05, 0.1) is 12.1 Å². The van der Waals surface area contributed by atoms with E-state index >= 15 is 0 Å². The molecule has 0 spiro atoms. The molecule has 234 valence electrons. The summed E-state index contributed by atoms with van der Waals surface area (Å²) in [6.07, 6.45) is -1.63. The Bertz CT molecular complexity index is 1440. The maximum atomic E-state index is 14.7. The van der Waals surface area contributed by atoms with Crippen molar-refractivity contribution in [3.05, 3.63) is 54.4 Å². The third-order valence-corrected chi connectivity index (χ3v) is 7.26. The first kappa shape index (κ1) is 32.5. The number of nitrogens with zero attached hydrogens (tertiary/aromatic N) is 6. The number of aliphatic hydroxyl groups excluding tert-OH is 1. The predicted octanol–water partition coefficient (Wildman–Crippen LogP) is 3.91. The minimum Gasteiger partial charge on any atom is -0.487 e. The number of benzene rings is 2. The Morgan fingerprint density at radius 3 is 2.43 bits per heavy atom. The standard InChI is InChI=1S/C29H31F2N7O4.C2H6/c1-37-10-8-25(22(30)14-37)41-21-5-3-20(4-6-21)35-29-34-17-33-28(36-29)18-2-7-24(19(12-18)13-32)42-26-9-11-38(15-23(26)31)27(40)16-39;1-2/h2-7,12,17,22-23,25-26,39H,8-11,14-16H2,1H3,(H,33,34,35,36);1-2H3/t22-,23-,25+,26+;/m1./s1. The molecule has 2 N–H and O–H groups in total. The van der Waals surface area contributed by atoms with Gasteiger partial charge in [-0.2, -0.15) is 10.2 Å². The number of hydrogen-bond acceptors (Lipinski definition) is 10. The van der Waals surface area contributed by atoms with Gasteiger partial charge >= 0.3 is 0 Å². The van der Waals surface area contributed by atoms with Crippen molar-refractivity contribution in [1.82, 2.24) is 24.8 Å². The number of likely N-dealkylation sites (tertiary alicyclic amines) is 2. The van der Waals surface area contributed by atoms with Crippen molar-refractivity contribution in [1.29, 1.82) is 5.26 Å².